The van der Waals surface area contributed by atoms with Crippen LogP contribution in [0.15, 0.2) is 30.4 Å². The first-order valence-corrected chi connectivity index (χ1v) is 16.9. The minimum absolute atomic E-state index is 0.111. The molecule has 2 aromatic heterocycles. The van der Waals surface area contributed by atoms with E-state index in [1.54, 1.807) is 9.36 Å². The molecule has 0 spiro atoms. The van der Waals surface area contributed by atoms with Crippen molar-refractivity contribution in [3.8, 4) is 5.75 Å². The van der Waals surface area contributed by atoms with Gasteiger partial charge in [-0.1, -0.05) is 6.07 Å². The summed E-state index contributed by atoms with van der Waals surface area (Å²) < 4.78 is 50.0. The molecule has 248 valence electrons. The summed E-state index contributed by atoms with van der Waals surface area (Å²) in [5, 5.41) is 12.0. The molecule has 2 aliphatic carbocycles. The fourth-order valence-corrected chi connectivity index (χ4v) is 7.77. The highest BCUT2D eigenvalue weighted by molar-refractivity contribution is 6.00. The van der Waals surface area contributed by atoms with Crippen molar-refractivity contribution in [1.82, 2.24) is 29.8 Å². The first kappa shape index (κ1) is 30.0. The fraction of sp³-hybridized carbons (Fsp3) is 0.647. The highest BCUT2D eigenvalue weighted by Crippen LogP contribution is 2.38. The Labute approximate surface area is 269 Å². The van der Waals surface area contributed by atoms with Crippen LogP contribution >= 0.6 is 0 Å². The molecule has 0 radical (unpaired) electrons. The number of fused-ring (bicyclic) bond motifs is 1. The first-order chi connectivity index (χ1) is 22.7. The van der Waals surface area contributed by atoms with E-state index in [2.05, 4.69) is 20.4 Å². The second-order valence-corrected chi connectivity index (χ2v) is 13.7. The largest absolute Gasteiger partial charge is 0.490 e. The van der Waals surface area contributed by atoms with Gasteiger partial charge in [-0.15, -0.1) is 0 Å². The number of carbonyl (C=O) groups is 2. The molecule has 0 bridgehead atoms. The molecule has 46 heavy (non-hydrogen) atoms. The Hall–Kier alpha value is -3.38. The number of hydrogen-bond donors (Lipinski definition) is 1. The highest BCUT2D eigenvalue weighted by Gasteiger charge is 2.34. The van der Waals surface area contributed by atoms with Crippen LogP contribution in [-0.4, -0.2) is 74.7 Å². The molecule has 1 unspecified atom stereocenters. The van der Waals surface area contributed by atoms with Gasteiger partial charge < -0.3 is 14.4 Å². The maximum Gasteiger partial charge on any atom is 0.282 e. The summed E-state index contributed by atoms with van der Waals surface area (Å²) in [7, 11) is 0. The van der Waals surface area contributed by atoms with E-state index in [0.717, 1.165) is 100.0 Å². The Kier molecular flexibility index (Phi) is 8.73. The molecule has 1 N–H and O–H groups in total. The number of carbonyl (C=O) groups excluding carboxylic acids is 2. The van der Waals surface area contributed by atoms with Crippen LogP contribution in [0.1, 0.15) is 95.5 Å². The molecular formula is C34H44F2N6O4. The van der Waals surface area contributed by atoms with Gasteiger partial charge in [-0.2, -0.15) is 10.2 Å². The van der Waals surface area contributed by atoms with Gasteiger partial charge >= 0.3 is 0 Å². The fourth-order valence-electron chi connectivity index (χ4n) is 7.77. The molecule has 7 rings (SSSR count). The van der Waals surface area contributed by atoms with Crippen molar-refractivity contribution in [3.05, 3.63) is 41.8 Å². The van der Waals surface area contributed by atoms with Crippen LogP contribution in [0.2, 0.25) is 0 Å². The van der Waals surface area contributed by atoms with Crippen molar-refractivity contribution in [2.75, 3.05) is 26.2 Å². The number of ether oxygens (including phenoxy) is 2. The van der Waals surface area contributed by atoms with Crippen LogP contribution in [0.5, 0.6) is 5.75 Å². The highest BCUT2D eigenvalue weighted by atomic mass is 19.3. The molecule has 1 atom stereocenters. The lowest BCUT2D eigenvalue weighted by molar-refractivity contribution is -0.135. The van der Waals surface area contributed by atoms with E-state index in [4.69, 9.17) is 10.8 Å². The van der Waals surface area contributed by atoms with Crippen molar-refractivity contribution < 1.29 is 29.2 Å². The first-order valence-electron chi connectivity index (χ1n) is 17.4. The zero-order valence-electron chi connectivity index (χ0n) is 27.4. The number of aryl methyl sites for hydroxylation is 1. The maximum absolute atomic E-state index is 13.0. The minimum Gasteiger partial charge on any atom is -0.490 e. The van der Waals surface area contributed by atoms with Crippen LogP contribution in [0.3, 0.4) is 0 Å². The number of amides is 2. The van der Waals surface area contributed by atoms with Crippen molar-refractivity contribution >= 4 is 22.7 Å². The lowest BCUT2D eigenvalue weighted by Crippen LogP contribution is -2.42. The Morgan fingerprint density at radius 3 is 2.52 bits per heavy atom. The zero-order chi connectivity index (χ0) is 32.7. The summed E-state index contributed by atoms with van der Waals surface area (Å²) in [5.41, 5.74) is 1.24. The van der Waals surface area contributed by atoms with Gasteiger partial charge in [0.1, 0.15) is 17.5 Å². The summed E-state index contributed by atoms with van der Waals surface area (Å²) in [6.07, 6.45) is 7.83. The number of imide groups is 1. The number of likely N-dealkylation sites (tertiary alicyclic amines) is 1. The Morgan fingerprint density at radius 2 is 1.80 bits per heavy atom. The van der Waals surface area contributed by atoms with E-state index < -0.39 is 18.2 Å². The minimum atomic E-state index is -2.70. The monoisotopic (exact) mass is 639 g/mol. The summed E-state index contributed by atoms with van der Waals surface area (Å²) >= 11 is 0. The van der Waals surface area contributed by atoms with Gasteiger partial charge in [0.25, 0.3) is 12.3 Å². The number of hydrogen-bond acceptors (Lipinski definition) is 7. The van der Waals surface area contributed by atoms with Gasteiger partial charge in [0.05, 0.1) is 42.8 Å². The van der Waals surface area contributed by atoms with E-state index in [-0.39, 0.29) is 30.0 Å². The third kappa shape index (κ3) is 6.69. The molecule has 1 aromatic carbocycles. The van der Waals surface area contributed by atoms with Gasteiger partial charge in [0.2, 0.25) is 5.91 Å². The van der Waals surface area contributed by atoms with Gasteiger partial charge in [-0.3, -0.25) is 24.3 Å². The van der Waals surface area contributed by atoms with E-state index in [9.17, 15) is 18.4 Å². The molecule has 2 amide bonds. The molecule has 4 heterocycles. The topological polar surface area (TPSA) is 104 Å². The zero-order valence-corrected chi connectivity index (χ0v) is 26.4. The Balaban J connectivity index is 0.817. The molecular weight excluding hydrogens is 594 g/mol. The predicted octanol–water partition coefficient (Wildman–Crippen LogP) is 5.53. The average Bonchev–Trinajstić information content (AvgIpc) is 3.59. The van der Waals surface area contributed by atoms with Crippen LogP contribution < -0.4 is 10.1 Å². The van der Waals surface area contributed by atoms with Crippen molar-refractivity contribution in [2.45, 2.75) is 102 Å². The SMILES string of the molecule is [2H]c1cn(C2CCC(CN3CCC(OCC4CC(Oc5cccc6c5c(C)nn6C5CCC(=O)NC5=O)C4)CC3)CC2)nc1C(F)F. The van der Waals surface area contributed by atoms with E-state index in [0.29, 0.717) is 30.8 Å². The molecule has 12 heteroatoms. The van der Waals surface area contributed by atoms with Gasteiger partial charge in [0.15, 0.2) is 0 Å². The molecule has 4 aliphatic rings. The quantitative estimate of drug-likeness (QED) is 0.291. The number of aromatic nitrogens is 4. The second-order valence-electron chi connectivity index (χ2n) is 13.7. The van der Waals surface area contributed by atoms with Crippen molar-refractivity contribution in [3.63, 3.8) is 0 Å². The number of rotatable bonds is 10. The lowest BCUT2D eigenvalue weighted by atomic mass is 9.83. The Morgan fingerprint density at radius 1 is 1.02 bits per heavy atom. The summed E-state index contributed by atoms with van der Waals surface area (Å²) in [5.74, 6) is 1.33. The van der Waals surface area contributed by atoms with Crippen LogP contribution in [0.25, 0.3) is 10.9 Å². The standard InChI is InChI=1S/C34H44F2N6O4/c1-21-32-28(42(38-21)29-9-10-31(43)37-34(29)44)3-2-4-30(32)46-26-17-23(18-26)20-45-25-11-14-40(15-12-25)19-22-5-7-24(8-6-22)41-16-13-27(39-41)33(35)36/h2-4,13,16,22-26,29,33H,5-12,14-15,17-20H2,1H3,(H,37,43,44)/i13D. The lowest BCUT2D eigenvalue weighted by Gasteiger charge is -2.38. The third-order valence-electron chi connectivity index (χ3n) is 10.4. The van der Waals surface area contributed by atoms with Crippen molar-refractivity contribution in [2.24, 2.45) is 11.8 Å². The molecule has 10 nitrogen and oxygen atoms in total. The number of alkyl halides is 2. The van der Waals surface area contributed by atoms with Gasteiger partial charge in [-0.25, -0.2) is 8.78 Å². The van der Waals surface area contributed by atoms with E-state index in [1.165, 1.54) is 6.20 Å². The molecule has 2 saturated heterocycles. The molecule has 2 aliphatic heterocycles. The smallest absolute Gasteiger partial charge is 0.282 e. The number of nitrogens with zero attached hydrogens (tertiary/aromatic N) is 5. The number of nitrogens with one attached hydrogen (secondary N) is 1. The van der Waals surface area contributed by atoms with Gasteiger partial charge in [-0.05, 0) is 94.7 Å². The van der Waals surface area contributed by atoms with Crippen LogP contribution in [0, 0.1) is 18.8 Å². The number of benzene rings is 1. The Bertz CT molecular complexity index is 1590. The molecule has 3 aromatic rings. The number of halogens is 2. The summed E-state index contributed by atoms with van der Waals surface area (Å²) in [6.45, 7) is 5.83. The van der Waals surface area contributed by atoms with Crippen LogP contribution in [0.4, 0.5) is 8.78 Å². The third-order valence-corrected chi connectivity index (χ3v) is 10.4. The van der Waals surface area contributed by atoms with E-state index in [1.807, 2.05) is 25.1 Å². The average molecular weight is 640 g/mol. The maximum atomic E-state index is 13.0. The van der Waals surface area contributed by atoms with E-state index >= 15 is 0 Å². The molecule has 4 fully saturated rings. The summed E-state index contributed by atoms with van der Waals surface area (Å²) in [6, 6.07) is 5.29. The predicted molar refractivity (Wildman–Crippen MR) is 167 cm³/mol. The van der Waals surface area contributed by atoms with Crippen molar-refractivity contribution in [1.29, 1.82) is 0 Å². The van der Waals surface area contributed by atoms with Gasteiger partial charge in [0, 0.05) is 32.3 Å². The summed E-state index contributed by atoms with van der Waals surface area (Å²) in [4.78, 5) is 26.7. The molecule has 2 saturated carbocycles. The normalized spacial score (nSPS) is 28.3. The number of piperidine rings is 2. The second kappa shape index (κ2) is 13.4. The van der Waals surface area contributed by atoms with Crippen LogP contribution in [-0.2, 0) is 14.3 Å².